The van der Waals surface area contributed by atoms with Crippen LogP contribution in [0.5, 0.6) is 0 Å². The van der Waals surface area contributed by atoms with Crippen LogP contribution in [0.2, 0.25) is 5.02 Å². The molecule has 14 heavy (non-hydrogen) atoms. The summed E-state index contributed by atoms with van der Waals surface area (Å²) >= 11 is 5.73. The van der Waals surface area contributed by atoms with Crippen molar-refractivity contribution in [3.63, 3.8) is 0 Å². The number of rotatable bonds is 1. The SMILES string of the molecule is O=[N+]([O-])c1cc2c(cc1Cl)CCC2O. The van der Waals surface area contributed by atoms with Gasteiger partial charge in [-0.1, -0.05) is 11.6 Å². The molecule has 2 rings (SSSR count). The third-order valence-electron chi connectivity index (χ3n) is 2.45. The van der Waals surface area contributed by atoms with Gasteiger partial charge in [0.15, 0.2) is 0 Å². The topological polar surface area (TPSA) is 63.4 Å². The Balaban J connectivity index is 2.57. The Morgan fingerprint density at radius 3 is 2.93 bits per heavy atom. The van der Waals surface area contributed by atoms with Gasteiger partial charge in [-0.05, 0) is 30.0 Å². The standard InChI is InChI=1S/C9H8ClNO3/c10-7-3-5-1-2-9(12)6(5)4-8(7)11(13)14/h3-4,9,12H,1-2H2. The van der Waals surface area contributed by atoms with Crippen LogP contribution in [-0.4, -0.2) is 10.0 Å². The number of benzene rings is 1. The number of aliphatic hydroxyl groups excluding tert-OH is 1. The number of hydrogen-bond acceptors (Lipinski definition) is 3. The van der Waals surface area contributed by atoms with E-state index in [-0.39, 0.29) is 10.7 Å². The van der Waals surface area contributed by atoms with Crippen molar-refractivity contribution in [1.29, 1.82) is 0 Å². The van der Waals surface area contributed by atoms with Gasteiger partial charge in [-0.3, -0.25) is 10.1 Å². The van der Waals surface area contributed by atoms with Crippen LogP contribution in [0.4, 0.5) is 5.69 Å². The quantitative estimate of drug-likeness (QED) is 0.575. The second kappa shape index (κ2) is 3.22. The van der Waals surface area contributed by atoms with Gasteiger partial charge in [-0.15, -0.1) is 0 Å². The van der Waals surface area contributed by atoms with E-state index in [9.17, 15) is 15.2 Å². The zero-order chi connectivity index (χ0) is 10.3. The summed E-state index contributed by atoms with van der Waals surface area (Å²) in [5, 5.41) is 20.2. The molecule has 1 unspecified atom stereocenters. The van der Waals surface area contributed by atoms with E-state index in [1.54, 1.807) is 6.07 Å². The molecule has 0 spiro atoms. The maximum atomic E-state index is 10.6. The molecular formula is C9H8ClNO3. The number of nitrogens with zero attached hydrogens (tertiary/aromatic N) is 1. The van der Waals surface area contributed by atoms with Crippen LogP contribution in [0, 0.1) is 10.1 Å². The van der Waals surface area contributed by atoms with Crippen molar-refractivity contribution in [2.45, 2.75) is 18.9 Å². The second-order valence-corrected chi connectivity index (χ2v) is 3.72. The van der Waals surface area contributed by atoms with E-state index in [0.717, 1.165) is 12.0 Å². The fourth-order valence-electron chi connectivity index (χ4n) is 1.73. The molecule has 0 amide bonds. The Kier molecular flexibility index (Phi) is 2.17. The minimum absolute atomic E-state index is 0.133. The van der Waals surface area contributed by atoms with Gasteiger partial charge < -0.3 is 5.11 Å². The summed E-state index contributed by atoms with van der Waals surface area (Å²) < 4.78 is 0. The fourth-order valence-corrected chi connectivity index (χ4v) is 1.99. The summed E-state index contributed by atoms with van der Waals surface area (Å²) in [6, 6.07) is 2.95. The molecule has 0 bridgehead atoms. The average Bonchev–Trinajstić information content (AvgIpc) is 2.46. The number of aliphatic hydroxyl groups is 1. The first-order chi connectivity index (χ1) is 6.59. The monoisotopic (exact) mass is 213 g/mol. The predicted octanol–water partition coefficient (Wildman–Crippen LogP) is 2.23. The summed E-state index contributed by atoms with van der Waals surface area (Å²) in [6.45, 7) is 0. The maximum absolute atomic E-state index is 10.6. The largest absolute Gasteiger partial charge is 0.388 e. The highest BCUT2D eigenvalue weighted by molar-refractivity contribution is 6.32. The Morgan fingerprint density at radius 2 is 2.29 bits per heavy atom. The minimum atomic E-state index is -0.582. The molecule has 1 N–H and O–H groups in total. The molecule has 1 aromatic carbocycles. The summed E-state index contributed by atoms with van der Waals surface area (Å²) in [4.78, 5) is 10.0. The smallest absolute Gasteiger partial charge is 0.288 e. The summed E-state index contributed by atoms with van der Waals surface area (Å²) in [5.41, 5.74) is 1.42. The van der Waals surface area contributed by atoms with Crippen molar-refractivity contribution in [3.05, 3.63) is 38.4 Å². The molecule has 0 radical (unpaired) electrons. The Bertz CT molecular complexity index is 405. The van der Waals surface area contributed by atoms with E-state index < -0.39 is 11.0 Å². The number of halogens is 1. The Hall–Kier alpha value is -1.13. The van der Waals surface area contributed by atoms with Gasteiger partial charge in [0.1, 0.15) is 5.02 Å². The highest BCUT2D eigenvalue weighted by atomic mass is 35.5. The zero-order valence-corrected chi connectivity index (χ0v) is 7.99. The molecule has 1 aromatic rings. The lowest BCUT2D eigenvalue weighted by Gasteiger charge is -2.04. The molecule has 1 atom stereocenters. The van der Waals surface area contributed by atoms with Crippen molar-refractivity contribution in [3.8, 4) is 0 Å². The third-order valence-corrected chi connectivity index (χ3v) is 2.75. The van der Waals surface area contributed by atoms with Crippen LogP contribution in [-0.2, 0) is 6.42 Å². The molecular weight excluding hydrogens is 206 g/mol. The molecule has 0 aromatic heterocycles. The molecule has 1 aliphatic carbocycles. The first-order valence-electron chi connectivity index (χ1n) is 4.24. The first kappa shape index (κ1) is 9.43. The van der Waals surface area contributed by atoms with E-state index in [1.165, 1.54) is 6.07 Å². The second-order valence-electron chi connectivity index (χ2n) is 3.31. The van der Waals surface area contributed by atoms with Crippen molar-refractivity contribution < 1.29 is 10.0 Å². The number of aryl methyl sites for hydroxylation is 1. The van der Waals surface area contributed by atoms with Gasteiger partial charge in [0, 0.05) is 6.07 Å². The van der Waals surface area contributed by atoms with E-state index in [1.807, 2.05) is 0 Å². The highest BCUT2D eigenvalue weighted by Gasteiger charge is 2.25. The van der Waals surface area contributed by atoms with Crippen LogP contribution in [0.1, 0.15) is 23.7 Å². The Labute approximate surface area is 85.3 Å². The lowest BCUT2D eigenvalue weighted by atomic mass is 10.1. The molecule has 0 saturated carbocycles. The average molecular weight is 214 g/mol. The first-order valence-corrected chi connectivity index (χ1v) is 4.62. The van der Waals surface area contributed by atoms with Crippen LogP contribution in [0.25, 0.3) is 0 Å². The molecule has 5 heteroatoms. The lowest BCUT2D eigenvalue weighted by Crippen LogP contribution is -1.95. The van der Waals surface area contributed by atoms with E-state index in [2.05, 4.69) is 0 Å². The van der Waals surface area contributed by atoms with E-state index in [4.69, 9.17) is 11.6 Å². The number of nitro benzene ring substituents is 1. The number of nitro groups is 1. The molecule has 74 valence electrons. The third kappa shape index (κ3) is 1.36. The van der Waals surface area contributed by atoms with Gasteiger partial charge in [0.2, 0.25) is 0 Å². The molecule has 0 heterocycles. The van der Waals surface area contributed by atoms with Gasteiger partial charge in [-0.2, -0.15) is 0 Å². The highest BCUT2D eigenvalue weighted by Crippen LogP contribution is 2.37. The van der Waals surface area contributed by atoms with Crippen molar-refractivity contribution in [2.75, 3.05) is 0 Å². The number of hydrogen-bond donors (Lipinski definition) is 1. The van der Waals surface area contributed by atoms with E-state index >= 15 is 0 Å². The molecule has 1 aliphatic rings. The van der Waals surface area contributed by atoms with Gasteiger partial charge in [-0.25, -0.2) is 0 Å². The lowest BCUT2D eigenvalue weighted by molar-refractivity contribution is -0.384. The predicted molar refractivity (Wildman–Crippen MR) is 51.4 cm³/mol. The molecule has 0 aliphatic heterocycles. The van der Waals surface area contributed by atoms with Gasteiger partial charge in [0.25, 0.3) is 5.69 Å². The molecule has 0 saturated heterocycles. The van der Waals surface area contributed by atoms with Crippen molar-refractivity contribution >= 4 is 17.3 Å². The Morgan fingerprint density at radius 1 is 1.57 bits per heavy atom. The normalized spacial score (nSPS) is 19.4. The summed E-state index contributed by atoms with van der Waals surface area (Å²) in [7, 11) is 0. The van der Waals surface area contributed by atoms with Crippen LogP contribution in [0.15, 0.2) is 12.1 Å². The van der Waals surface area contributed by atoms with E-state index in [0.29, 0.717) is 12.0 Å². The zero-order valence-electron chi connectivity index (χ0n) is 7.24. The van der Waals surface area contributed by atoms with Crippen LogP contribution in [0.3, 0.4) is 0 Å². The van der Waals surface area contributed by atoms with Crippen LogP contribution < -0.4 is 0 Å². The van der Waals surface area contributed by atoms with Crippen LogP contribution >= 0.6 is 11.6 Å². The number of fused-ring (bicyclic) bond motifs is 1. The summed E-state index contributed by atoms with van der Waals surface area (Å²) in [5.74, 6) is 0. The maximum Gasteiger partial charge on any atom is 0.288 e. The minimum Gasteiger partial charge on any atom is -0.388 e. The van der Waals surface area contributed by atoms with Gasteiger partial charge >= 0.3 is 0 Å². The summed E-state index contributed by atoms with van der Waals surface area (Å²) in [6.07, 6.45) is 0.766. The fraction of sp³-hybridized carbons (Fsp3) is 0.333. The van der Waals surface area contributed by atoms with Gasteiger partial charge in [0.05, 0.1) is 11.0 Å². The molecule has 4 nitrogen and oxygen atoms in total. The van der Waals surface area contributed by atoms with Crippen molar-refractivity contribution in [2.24, 2.45) is 0 Å². The molecule has 0 fully saturated rings. The van der Waals surface area contributed by atoms with Crippen molar-refractivity contribution in [1.82, 2.24) is 0 Å².